The molecule has 2 atom stereocenters. The van der Waals surface area contributed by atoms with Crippen LogP contribution in [0.1, 0.15) is 20.8 Å². The van der Waals surface area contributed by atoms with E-state index in [0.717, 1.165) is 6.54 Å². The highest BCUT2D eigenvalue weighted by molar-refractivity contribution is 5.95. The van der Waals surface area contributed by atoms with Crippen molar-refractivity contribution in [3.63, 3.8) is 0 Å². The van der Waals surface area contributed by atoms with Gasteiger partial charge in [0.2, 0.25) is 5.91 Å². The van der Waals surface area contributed by atoms with Crippen molar-refractivity contribution in [2.75, 3.05) is 19.6 Å². The molecule has 2 fully saturated rings. The number of fused-ring (bicyclic) bond motifs is 1. The Labute approximate surface area is 95.1 Å². The molecule has 2 aliphatic heterocycles. The van der Waals surface area contributed by atoms with Crippen molar-refractivity contribution in [3.8, 4) is 0 Å². The Morgan fingerprint density at radius 3 is 2.69 bits per heavy atom. The van der Waals surface area contributed by atoms with Crippen molar-refractivity contribution < 1.29 is 14.3 Å². The molecule has 0 unspecified atom stereocenters. The first-order valence-electron chi connectivity index (χ1n) is 5.63. The molecule has 0 aliphatic carbocycles. The summed E-state index contributed by atoms with van der Waals surface area (Å²) in [5.41, 5.74) is -0.548. The molecular weight excluding hydrogens is 208 g/mol. The van der Waals surface area contributed by atoms with Crippen molar-refractivity contribution in [3.05, 3.63) is 0 Å². The summed E-state index contributed by atoms with van der Waals surface area (Å²) in [6.07, 6.45) is -0.508. The lowest BCUT2D eigenvalue weighted by Crippen LogP contribution is -2.40. The summed E-state index contributed by atoms with van der Waals surface area (Å²) in [5.74, 6) is 0.136. The Morgan fingerprint density at radius 1 is 1.44 bits per heavy atom. The third kappa shape index (κ3) is 2.04. The van der Waals surface area contributed by atoms with Gasteiger partial charge in [-0.1, -0.05) is 0 Å². The van der Waals surface area contributed by atoms with E-state index in [0.29, 0.717) is 13.1 Å². The highest BCUT2D eigenvalue weighted by Gasteiger charge is 2.46. The van der Waals surface area contributed by atoms with E-state index in [4.69, 9.17) is 4.74 Å². The van der Waals surface area contributed by atoms with E-state index in [1.54, 1.807) is 20.8 Å². The first-order chi connectivity index (χ1) is 7.38. The van der Waals surface area contributed by atoms with Gasteiger partial charge in [0, 0.05) is 25.6 Å². The smallest absolute Gasteiger partial charge is 0.417 e. The van der Waals surface area contributed by atoms with Gasteiger partial charge in [-0.2, -0.15) is 0 Å². The van der Waals surface area contributed by atoms with Crippen LogP contribution in [0.4, 0.5) is 4.79 Å². The van der Waals surface area contributed by atoms with Crippen molar-refractivity contribution in [2.24, 2.45) is 11.8 Å². The van der Waals surface area contributed by atoms with Gasteiger partial charge in [-0.05, 0) is 20.8 Å². The van der Waals surface area contributed by atoms with Gasteiger partial charge in [-0.15, -0.1) is 0 Å². The number of nitrogens with zero attached hydrogens (tertiary/aromatic N) is 1. The molecule has 0 radical (unpaired) electrons. The quantitative estimate of drug-likeness (QED) is 0.657. The summed E-state index contributed by atoms with van der Waals surface area (Å²) in [5, 5.41) is 3.16. The normalized spacial score (nSPS) is 29.4. The second kappa shape index (κ2) is 3.73. The molecule has 2 heterocycles. The van der Waals surface area contributed by atoms with Crippen LogP contribution in [0.15, 0.2) is 0 Å². The van der Waals surface area contributed by atoms with E-state index in [-0.39, 0.29) is 17.7 Å². The van der Waals surface area contributed by atoms with E-state index in [9.17, 15) is 9.59 Å². The van der Waals surface area contributed by atoms with Gasteiger partial charge in [0.05, 0.1) is 5.92 Å². The second-order valence-electron chi connectivity index (χ2n) is 5.45. The molecule has 0 spiro atoms. The predicted octanol–water partition coefficient (Wildman–Crippen LogP) is 0.599. The molecule has 5 nitrogen and oxygen atoms in total. The van der Waals surface area contributed by atoms with E-state index >= 15 is 0 Å². The summed E-state index contributed by atoms with van der Waals surface area (Å²) in [6, 6.07) is 0. The minimum atomic E-state index is -0.548. The minimum absolute atomic E-state index is 0.0347. The number of nitrogens with one attached hydrogen (secondary N) is 1. The Balaban J connectivity index is 2.02. The first-order valence-corrected chi connectivity index (χ1v) is 5.63. The maximum atomic E-state index is 11.9. The van der Waals surface area contributed by atoms with E-state index in [1.165, 1.54) is 4.90 Å². The van der Waals surface area contributed by atoms with Crippen molar-refractivity contribution in [1.29, 1.82) is 0 Å². The molecule has 2 aliphatic rings. The number of carbonyl (C=O) groups excluding carboxylic acids is 2. The van der Waals surface area contributed by atoms with Crippen LogP contribution in [0.2, 0.25) is 0 Å². The highest BCUT2D eigenvalue weighted by atomic mass is 16.6. The molecule has 16 heavy (non-hydrogen) atoms. The number of carbonyl (C=O) groups is 2. The zero-order valence-corrected chi connectivity index (χ0v) is 9.95. The average Bonchev–Trinajstić information content (AvgIpc) is 2.66. The Morgan fingerprint density at radius 2 is 2.12 bits per heavy atom. The predicted molar refractivity (Wildman–Crippen MR) is 57.8 cm³/mol. The molecule has 2 rings (SSSR count). The summed E-state index contributed by atoms with van der Waals surface area (Å²) in [4.78, 5) is 24.9. The van der Waals surface area contributed by atoms with Crippen LogP contribution in [-0.2, 0) is 9.53 Å². The largest absolute Gasteiger partial charge is 0.443 e. The van der Waals surface area contributed by atoms with Gasteiger partial charge in [0.25, 0.3) is 0 Å². The first kappa shape index (κ1) is 11.4. The van der Waals surface area contributed by atoms with Gasteiger partial charge >= 0.3 is 6.09 Å². The number of likely N-dealkylation sites (tertiary alicyclic amines) is 1. The third-order valence-electron chi connectivity index (χ3n) is 2.95. The van der Waals surface area contributed by atoms with Gasteiger partial charge in [0.15, 0.2) is 0 Å². The Hall–Kier alpha value is -1.10. The zero-order chi connectivity index (χ0) is 11.9. The summed E-state index contributed by atoms with van der Waals surface area (Å²) >= 11 is 0. The number of rotatable bonds is 0. The SMILES string of the molecule is CC(C)(C)OC(=O)N1C[C@H]2CNC[C@H]2C1=O. The van der Waals surface area contributed by atoms with Gasteiger partial charge in [-0.3, -0.25) is 4.79 Å². The number of hydrogen-bond acceptors (Lipinski definition) is 4. The van der Waals surface area contributed by atoms with Gasteiger partial charge in [-0.25, -0.2) is 9.69 Å². The number of hydrogen-bond donors (Lipinski definition) is 1. The van der Waals surface area contributed by atoms with Crippen LogP contribution >= 0.6 is 0 Å². The topological polar surface area (TPSA) is 58.6 Å². The molecule has 2 amide bonds. The molecule has 0 aromatic heterocycles. The molecule has 0 aromatic carbocycles. The number of imide groups is 1. The van der Waals surface area contributed by atoms with E-state index in [1.807, 2.05) is 0 Å². The molecule has 2 saturated heterocycles. The van der Waals surface area contributed by atoms with Gasteiger partial charge in [0.1, 0.15) is 5.60 Å². The fourth-order valence-corrected chi connectivity index (χ4v) is 2.22. The highest BCUT2D eigenvalue weighted by Crippen LogP contribution is 2.28. The average molecular weight is 226 g/mol. The Kier molecular flexibility index (Phi) is 2.66. The van der Waals surface area contributed by atoms with Crippen LogP contribution in [-0.4, -0.2) is 42.1 Å². The van der Waals surface area contributed by atoms with Crippen LogP contribution in [0.25, 0.3) is 0 Å². The number of amides is 2. The van der Waals surface area contributed by atoms with Crippen LogP contribution in [0, 0.1) is 11.8 Å². The summed E-state index contributed by atoms with van der Waals surface area (Å²) in [6.45, 7) is 7.39. The monoisotopic (exact) mass is 226 g/mol. The minimum Gasteiger partial charge on any atom is -0.443 e. The zero-order valence-electron chi connectivity index (χ0n) is 9.95. The van der Waals surface area contributed by atoms with Crippen molar-refractivity contribution in [2.45, 2.75) is 26.4 Å². The maximum Gasteiger partial charge on any atom is 0.417 e. The summed E-state index contributed by atoms with van der Waals surface area (Å²) in [7, 11) is 0. The van der Waals surface area contributed by atoms with Crippen molar-refractivity contribution >= 4 is 12.0 Å². The van der Waals surface area contributed by atoms with Crippen molar-refractivity contribution in [1.82, 2.24) is 10.2 Å². The molecule has 90 valence electrons. The molecule has 5 heteroatoms. The molecule has 1 N–H and O–H groups in total. The second-order valence-corrected chi connectivity index (χ2v) is 5.45. The molecule has 0 saturated carbocycles. The fraction of sp³-hybridized carbons (Fsp3) is 0.818. The lowest BCUT2D eigenvalue weighted by Gasteiger charge is -2.23. The van der Waals surface area contributed by atoms with Crippen LogP contribution in [0.5, 0.6) is 0 Å². The van der Waals surface area contributed by atoms with E-state index < -0.39 is 11.7 Å². The fourth-order valence-electron chi connectivity index (χ4n) is 2.22. The maximum absolute atomic E-state index is 11.9. The third-order valence-corrected chi connectivity index (χ3v) is 2.95. The van der Waals surface area contributed by atoms with Crippen LogP contribution in [0.3, 0.4) is 0 Å². The van der Waals surface area contributed by atoms with Gasteiger partial charge < -0.3 is 10.1 Å². The molecular formula is C11H18N2O3. The van der Waals surface area contributed by atoms with Crippen LogP contribution < -0.4 is 5.32 Å². The van der Waals surface area contributed by atoms with E-state index in [2.05, 4.69) is 5.32 Å². The number of ether oxygens (including phenoxy) is 1. The Bertz CT molecular complexity index is 322. The lowest BCUT2D eigenvalue weighted by molar-refractivity contribution is -0.130. The molecule has 0 aromatic rings. The lowest BCUT2D eigenvalue weighted by atomic mass is 10.0. The summed E-state index contributed by atoms with van der Waals surface area (Å²) < 4.78 is 5.20. The standard InChI is InChI=1S/C11H18N2O3/c1-11(2,3)16-10(15)13-6-7-4-12-5-8(7)9(13)14/h7-8,12H,4-6H2,1-3H3/t7-,8-/m1/s1. The molecule has 0 bridgehead atoms.